The molecule has 5 nitrogen and oxygen atoms in total. The maximum absolute atomic E-state index is 11.8. The Morgan fingerprint density at radius 1 is 1.15 bits per heavy atom. The van der Waals surface area contributed by atoms with Crippen molar-refractivity contribution in [3.05, 3.63) is 27.0 Å². The summed E-state index contributed by atoms with van der Waals surface area (Å²) < 4.78 is 0. The number of nitrogens with zero attached hydrogens (tertiary/aromatic N) is 1. The largest absolute Gasteiger partial charge is 0.481 e. The highest BCUT2D eigenvalue weighted by Crippen LogP contribution is 2.30. The van der Waals surface area contributed by atoms with Gasteiger partial charge in [0.1, 0.15) is 5.69 Å². The fourth-order valence-electron chi connectivity index (χ4n) is 1.47. The molecule has 110 valence electrons. The van der Waals surface area contributed by atoms with Crippen LogP contribution in [0.4, 0.5) is 0 Å². The summed E-state index contributed by atoms with van der Waals surface area (Å²) in [4.78, 5) is 26.0. The molecular weight excluding hydrogens is 327 g/mol. The summed E-state index contributed by atoms with van der Waals surface area (Å²) in [7, 11) is 0. The van der Waals surface area contributed by atoms with E-state index >= 15 is 0 Å². The summed E-state index contributed by atoms with van der Waals surface area (Å²) in [5.41, 5.74) is 0.0200. The molecule has 2 N–H and O–H groups in total. The molecule has 1 amide bonds. The third-order valence-corrected chi connectivity index (χ3v) is 3.73. The molecule has 1 rings (SSSR count). The number of carbonyl (C=O) groups excluding carboxylic acids is 1. The molecule has 20 heavy (non-hydrogen) atoms. The van der Waals surface area contributed by atoms with Gasteiger partial charge in [-0.25, -0.2) is 4.98 Å². The molecule has 0 spiro atoms. The first-order chi connectivity index (χ1) is 9.43. The van der Waals surface area contributed by atoms with E-state index < -0.39 is 11.9 Å². The standard InChI is InChI=1S/C12H13Cl3N2O3/c13-7-6-17-11(10(15)9(7)14)12(20)16-5-3-1-2-4-8(18)19/h6H,1-5H2,(H,16,20)(H,18,19). The Balaban J connectivity index is 2.40. The number of amides is 1. The summed E-state index contributed by atoms with van der Waals surface area (Å²) in [5.74, 6) is -1.26. The van der Waals surface area contributed by atoms with Crippen molar-refractivity contribution in [1.29, 1.82) is 0 Å². The Bertz CT molecular complexity index is 509. The lowest BCUT2D eigenvalue weighted by atomic mass is 10.2. The molecule has 1 aromatic heterocycles. The highest BCUT2D eigenvalue weighted by Gasteiger charge is 2.16. The molecule has 0 aliphatic rings. The Morgan fingerprint density at radius 2 is 1.85 bits per heavy atom. The predicted octanol–water partition coefficient (Wildman–Crippen LogP) is 3.42. The number of carboxylic acids is 1. The molecule has 1 heterocycles. The Morgan fingerprint density at radius 3 is 2.50 bits per heavy atom. The van der Waals surface area contributed by atoms with Crippen molar-refractivity contribution in [2.24, 2.45) is 0 Å². The fraction of sp³-hybridized carbons (Fsp3) is 0.417. The van der Waals surface area contributed by atoms with Gasteiger partial charge in [-0.05, 0) is 12.8 Å². The second-order valence-electron chi connectivity index (χ2n) is 4.04. The second-order valence-corrected chi connectivity index (χ2v) is 5.21. The van der Waals surface area contributed by atoms with Crippen LogP contribution in [-0.2, 0) is 4.79 Å². The number of nitrogens with one attached hydrogen (secondary N) is 1. The maximum atomic E-state index is 11.8. The van der Waals surface area contributed by atoms with Crippen molar-refractivity contribution in [3.8, 4) is 0 Å². The van der Waals surface area contributed by atoms with Crippen LogP contribution >= 0.6 is 34.8 Å². The van der Waals surface area contributed by atoms with Crippen LogP contribution in [0.15, 0.2) is 6.20 Å². The van der Waals surface area contributed by atoms with Crippen molar-refractivity contribution in [3.63, 3.8) is 0 Å². The zero-order valence-corrected chi connectivity index (χ0v) is 12.7. The molecule has 0 unspecified atom stereocenters. The number of hydrogen-bond acceptors (Lipinski definition) is 3. The number of aromatic nitrogens is 1. The Labute approximate surface area is 131 Å². The van der Waals surface area contributed by atoms with E-state index in [2.05, 4.69) is 10.3 Å². The number of aliphatic carboxylic acids is 1. The smallest absolute Gasteiger partial charge is 0.303 e. The van der Waals surface area contributed by atoms with Gasteiger partial charge in [-0.1, -0.05) is 41.2 Å². The third kappa shape index (κ3) is 5.15. The van der Waals surface area contributed by atoms with Crippen LogP contribution in [-0.4, -0.2) is 28.5 Å². The number of carboxylic acid groups (broad SMARTS) is 1. The highest BCUT2D eigenvalue weighted by atomic mass is 35.5. The van der Waals surface area contributed by atoms with Crippen LogP contribution in [0.5, 0.6) is 0 Å². The van der Waals surface area contributed by atoms with Crippen LogP contribution in [0.25, 0.3) is 0 Å². The van der Waals surface area contributed by atoms with Gasteiger partial charge in [-0.3, -0.25) is 9.59 Å². The summed E-state index contributed by atoms with van der Waals surface area (Å²) in [5, 5.41) is 11.4. The zero-order chi connectivity index (χ0) is 15.1. The van der Waals surface area contributed by atoms with Crippen LogP contribution in [0.2, 0.25) is 15.1 Å². The van der Waals surface area contributed by atoms with Crippen molar-refractivity contribution >= 4 is 46.7 Å². The van der Waals surface area contributed by atoms with Gasteiger partial charge in [0.05, 0.1) is 15.1 Å². The van der Waals surface area contributed by atoms with E-state index in [9.17, 15) is 9.59 Å². The third-order valence-electron chi connectivity index (χ3n) is 2.49. The molecule has 0 saturated heterocycles. The number of unbranched alkanes of at least 4 members (excludes halogenated alkanes) is 2. The molecule has 0 aromatic carbocycles. The van der Waals surface area contributed by atoms with E-state index in [0.717, 1.165) is 6.42 Å². The van der Waals surface area contributed by atoms with Gasteiger partial charge in [-0.2, -0.15) is 0 Å². The topological polar surface area (TPSA) is 79.3 Å². The Hall–Kier alpha value is -1.04. The molecule has 8 heteroatoms. The van der Waals surface area contributed by atoms with Gasteiger partial charge in [0, 0.05) is 19.2 Å². The molecule has 1 aromatic rings. The first kappa shape index (κ1) is 17.0. The molecule has 0 radical (unpaired) electrons. The monoisotopic (exact) mass is 338 g/mol. The minimum atomic E-state index is -0.819. The lowest BCUT2D eigenvalue weighted by Gasteiger charge is -2.07. The molecule has 0 atom stereocenters. The summed E-state index contributed by atoms with van der Waals surface area (Å²) in [6, 6.07) is 0. The quantitative estimate of drug-likeness (QED) is 0.746. The SMILES string of the molecule is O=C(O)CCCCCNC(=O)c1ncc(Cl)c(Cl)c1Cl. The minimum Gasteiger partial charge on any atom is -0.481 e. The predicted molar refractivity (Wildman–Crippen MR) is 77.7 cm³/mol. The molecule has 0 fully saturated rings. The number of pyridine rings is 1. The van der Waals surface area contributed by atoms with Crippen molar-refractivity contribution in [1.82, 2.24) is 10.3 Å². The van der Waals surface area contributed by atoms with Gasteiger partial charge in [0.2, 0.25) is 0 Å². The van der Waals surface area contributed by atoms with E-state index in [1.54, 1.807) is 0 Å². The first-order valence-corrected chi connectivity index (χ1v) is 7.06. The minimum absolute atomic E-state index is 0.0162. The van der Waals surface area contributed by atoms with Gasteiger partial charge in [0.15, 0.2) is 0 Å². The number of rotatable bonds is 7. The van der Waals surface area contributed by atoms with E-state index in [-0.39, 0.29) is 27.2 Å². The summed E-state index contributed by atoms with van der Waals surface area (Å²) in [6.45, 7) is 0.413. The molecule has 0 aliphatic carbocycles. The fourth-order valence-corrected chi connectivity index (χ4v) is 2.03. The molecule has 0 aliphatic heterocycles. The van der Waals surface area contributed by atoms with Crippen LogP contribution in [0, 0.1) is 0 Å². The van der Waals surface area contributed by atoms with Crippen LogP contribution < -0.4 is 5.32 Å². The summed E-state index contributed by atoms with van der Waals surface area (Å²) >= 11 is 17.4. The van der Waals surface area contributed by atoms with E-state index in [0.29, 0.717) is 19.4 Å². The average Bonchev–Trinajstić information content (AvgIpc) is 2.39. The van der Waals surface area contributed by atoms with Gasteiger partial charge in [0.25, 0.3) is 5.91 Å². The van der Waals surface area contributed by atoms with E-state index in [4.69, 9.17) is 39.9 Å². The number of carbonyl (C=O) groups is 2. The zero-order valence-electron chi connectivity index (χ0n) is 10.5. The molecule has 0 saturated carbocycles. The molecular formula is C12H13Cl3N2O3. The van der Waals surface area contributed by atoms with Crippen molar-refractivity contribution in [2.45, 2.75) is 25.7 Å². The van der Waals surface area contributed by atoms with Crippen LogP contribution in [0.3, 0.4) is 0 Å². The van der Waals surface area contributed by atoms with Gasteiger partial charge >= 0.3 is 5.97 Å². The van der Waals surface area contributed by atoms with Crippen molar-refractivity contribution in [2.75, 3.05) is 6.54 Å². The lowest BCUT2D eigenvalue weighted by Crippen LogP contribution is -2.25. The van der Waals surface area contributed by atoms with Crippen LogP contribution in [0.1, 0.15) is 36.2 Å². The average molecular weight is 340 g/mol. The van der Waals surface area contributed by atoms with E-state index in [1.807, 2.05) is 0 Å². The van der Waals surface area contributed by atoms with Gasteiger partial charge < -0.3 is 10.4 Å². The number of halogens is 3. The second kappa shape index (κ2) is 8.29. The maximum Gasteiger partial charge on any atom is 0.303 e. The number of hydrogen-bond donors (Lipinski definition) is 2. The first-order valence-electron chi connectivity index (χ1n) is 5.93. The van der Waals surface area contributed by atoms with Gasteiger partial charge in [-0.15, -0.1) is 0 Å². The molecule has 0 bridgehead atoms. The Kier molecular flexibility index (Phi) is 7.05. The lowest BCUT2D eigenvalue weighted by molar-refractivity contribution is -0.137. The van der Waals surface area contributed by atoms with E-state index in [1.165, 1.54) is 6.20 Å². The normalized spacial score (nSPS) is 10.3. The summed E-state index contributed by atoms with van der Waals surface area (Å²) in [6.07, 6.45) is 3.37. The van der Waals surface area contributed by atoms with Crippen molar-refractivity contribution < 1.29 is 14.7 Å². The highest BCUT2D eigenvalue weighted by molar-refractivity contribution is 6.48.